The summed E-state index contributed by atoms with van der Waals surface area (Å²) in [5, 5.41) is 0. The summed E-state index contributed by atoms with van der Waals surface area (Å²) in [6.07, 6.45) is 18.3. The van der Waals surface area contributed by atoms with E-state index in [1.807, 2.05) is 0 Å². The Labute approximate surface area is 184 Å². The molecule has 0 amide bonds. The van der Waals surface area contributed by atoms with Gasteiger partial charge in [0.25, 0.3) is 0 Å². The topological polar surface area (TPSA) is 0 Å². The lowest BCUT2D eigenvalue weighted by atomic mass is 9.26. The molecule has 162 valence electrons. The van der Waals surface area contributed by atoms with E-state index in [0.29, 0.717) is 37.9 Å². The average molecular weight is 403 g/mol. The van der Waals surface area contributed by atoms with Gasteiger partial charge in [0.05, 0.1) is 0 Å². The Balaban J connectivity index is 1.41. The molecule has 4 atom stereocenters. The second-order valence-electron chi connectivity index (χ2n) is 15.5. The fourth-order valence-electron chi connectivity index (χ4n) is 13.4. The highest BCUT2D eigenvalue weighted by molar-refractivity contribution is 5.35. The van der Waals surface area contributed by atoms with Crippen LogP contribution in [0.2, 0.25) is 0 Å². The quantitative estimate of drug-likeness (QED) is 0.466. The number of rotatable bonds is 2. The normalized spacial score (nSPS) is 60.3. The third-order valence-electron chi connectivity index (χ3n) is 11.7. The first-order valence-corrected chi connectivity index (χ1v) is 13.1. The Morgan fingerprint density at radius 3 is 1.63 bits per heavy atom. The summed E-state index contributed by atoms with van der Waals surface area (Å²) in [5.41, 5.74) is 5.77. The molecule has 9 rings (SSSR count). The van der Waals surface area contributed by atoms with E-state index in [1.54, 1.807) is 50.5 Å². The maximum Gasteiger partial charge on any atom is -0.00311 e. The summed E-state index contributed by atoms with van der Waals surface area (Å²) >= 11 is 0. The van der Waals surface area contributed by atoms with E-state index < -0.39 is 0 Å². The van der Waals surface area contributed by atoms with Crippen LogP contribution in [0, 0.1) is 38.4 Å². The molecule has 0 N–H and O–H groups in total. The van der Waals surface area contributed by atoms with Gasteiger partial charge < -0.3 is 0 Å². The van der Waals surface area contributed by atoms with Crippen molar-refractivity contribution in [3.05, 3.63) is 35.9 Å². The van der Waals surface area contributed by atoms with Gasteiger partial charge in [0.1, 0.15) is 0 Å². The zero-order valence-electron chi connectivity index (χ0n) is 19.9. The highest BCUT2D eigenvalue weighted by atomic mass is 14.8. The Hall–Kier alpha value is -0.780. The van der Waals surface area contributed by atoms with Gasteiger partial charge in [0, 0.05) is 0 Å². The predicted octanol–water partition coefficient (Wildman–Crippen LogP) is 8.30. The van der Waals surface area contributed by atoms with Gasteiger partial charge in [-0.05, 0) is 126 Å². The zero-order chi connectivity index (χ0) is 20.7. The second-order valence-corrected chi connectivity index (χ2v) is 15.5. The largest absolute Gasteiger partial charge is 0.0622 e. The number of benzene rings is 1. The van der Waals surface area contributed by atoms with Crippen LogP contribution in [-0.4, -0.2) is 0 Å². The minimum absolute atomic E-state index is 0.449. The van der Waals surface area contributed by atoms with E-state index in [2.05, 4.69) is 58.0 Å². The summed E-state index contributed by atoms with van der Waals surface area (Å²) in [4.78, 5) is 0. The van der Waals surface area contributed by atoms with E-state index in [4.69, 9.17) is 0 Å². The van der Waals surface area contributed by atoms with E-state index in [1.165, 1.54) is 32.1 Å². The highest BCUT2D eigenvalue weighted by Gasteiger charge is 2.74. The third kappa shape index (κ3) is 2.25. The summed E-state index contributed by atoms with van der Waals surface area (Å²) < 4.78 is 0. The zero-order valence-corrected chi connectivity index (χ0v) is 19.9. The highest BCUT2D eigenvalue weighted by Crippen LogP contribution is 2.83. The van der Waals surface area contributed by atoms with Crippen molar-refractivity contribution in [1.29, 1.82) is 0 Å². The Bertz CT molecular complexity index is 871. The first kappa shape index (κ1) is 18.8. The van der Waals surface area contributed by atoms with Gasteiger partial charge in [-0.1, -0.05) is 58.0 Å². The minimum atomic E-state index is 0.449. The lowest BCUT2D eigenvalue weighted by Gasteiger charge is -2.78. The fourth-order valence-corrected chi connectivity index (χ4v) is 13.4. The molecule has 0 spiro atoms. The predicted molar refractivity (Wildman–Crippen MR) is 124 cm³/mol. The van der Waals surface area contributed by atoms with Gasteiger partial charge in [0.15, 0.2) is 0 Å². The average Bonchev–Trinajstić information content (AvgIpc) is 2.56. The van der Waals surface area contributed by atoms with Crippen LogP contribution in [-0.2, 0) is 5.41 Å². The molecule has 8 bridgehead atoms. The van der Waals surface area contributed by atoms with Gasteiger partial charge >= 0.3 is 0 Å². The number of hydrogen-bond donors (Lipinski definition) is 0. The van der Waals surface area contributed by atoms with Crippen molar-refractivity contribution in [3.63, 3.8) is 0 Å². The first-order chi connectivity index (χ1) is 14.0. The van der Waals surface area contributed by atoms with Crippen LogP contribution in [0.1, 0.15) is 110 Å². The van der Waals surface area contributed by atoms with Gasteiger partial charge in [-0.3, -0.25) is 0 Å². The molecular formula is C30H42. The standard InChI is InChI=1S/C30H42/c1-24-10-22-11-25(2,13-24)18-29(12-22,17-24)30-19-26(3)14-27(4,20-30)16-28(15-26,21-30)23-8-6-5-7-9-23/h5-9,22H,10-21H2,1-4H3. The van der Waals surface area contributed by atoms with Crippen LogP contribution in [0.4, 0.5) is 0 Å². The minimum Gasteiger partial charge on any atom is -0.0622 e. The molecule has 4 unspecified atom stereocenters. The van der Waals surface area contributed by atoms with Crippen LogP contribution in [0.3, 0.4) is 0 Å². The SMILES string of the molecule is CC12CC3CC(C)(C1)CC(C14CC5(C)CC(C)(CC(c6ccccc6)(C5)C1)C4)(C3)C2. The molecular weight excluding hydrogens is 360 g/mol. The van der Waals surface area contributed by atoms with Gasteiger partial charge in [0.2, 0.25) is 0 Å². The first-order valence-electron chi connectivity index (χ1n) is 13.1. The van der Waals surface area contributed by atoms with Gasteiger partial charge in [-0.2, -0.15) is 0 Å². The lowest BCUT2D eigenvalue weighted by molar-refractivity contribution is -0.270. The maximum atomic E-state index is 2.71. The molecule has 8 saturated carbocycles. The monoisotopic (exact) mass is 402 g/mol. The van der Waals surface area contributed by atoms with Crippen LogP contribution < -0.4 is 0 Å². The molecule has 0 radical (unpaired) electrons. The van der Waals surface area contributed by atoms with Gasteiger partial charge in [-0.15, -0.1) is 0 Å². The molecule has 0 aliphatic heterocycles. The van der Waals surface area contributed by atoms with Crippen LogP contribution >= 0.6 is 0 Å². The molecule has 0 aromatic heterocycles. The van der Waals surface area contributed by atoms with Crippen molar-refractivity contribution < 1.29 is 0 Å². The van der Waals surface area contributed by atoms with E-state index >= 15 is 0 Å². The summed E-state index contributed by atoms with van der Waals surface area (Å²) in [6.45, 7) is 10.8. The molecule has 0 heterocycles. The van der Waals surface area contributed by atoms with Crippen molar-refractivity contribution in [2.45, 2.75) is 110 Å². The molecule has 8 fully saturated rings. The fraction of sp³-hybridized carbons (Fsp3) is 0.800. The van der Waals surface area contributed by atoms with Crippen molar-refractivity contribution >= 4 is 0 Å². The van der Waals surface area contributed by atoms with Crippen LogP contribution in [0.5, 0.6) is 0 Å². The molecule has 8 aliphatic rings. The van der Waals surface area contributed by atoms with Crippen molar-refractivity contribution in [2.24, 2.45) is 38.4 Å². The molecule has 1 aromatic carbocycles. The summed E-state index contributed by atoms with van der Waals surface area (Å²) in [6, 6.07) is 11.9. The molecule has 1 aromatic rings. The Morgan fingerprint density at radius 1 is 0.533 bits per heavy atom. The lowest BCUT2D eigenvalue weighted by Crippen LogP contribution is -2.69. The second kappa shape index (κ2) is 5.07. The van der Waals surface area contributed by atoms with Crippen molar-refractivity contribution in [3.8, 4) is 0 Å². The molecule has 0 saturated heterocycles. The summed E-state index contributed by atoms with van der Waals surface area (Å²) in [5.74, 6) is 1.03. The van der Waals surface area contributed by atoms with Crippen LogP contribution in [0.15, 0.2) is 30.3 Å². The smallest absolute Gasteiger partial charge is 0.00311 e. The molecule has 0 heteroatoms. The van der Waals surface area contributed by atoms with Gasteiger partial charge in [-0.25, -0.2) is 0 Å². The Kier molecular flexibility index (Phi) is 3.17. The van der Waals surface area contributed by atoms with E-state index in [-0.39, 0.29) is 0 Å². The number of hydrogen-bond acceptors (Lipinski definition) is 0. The molecule has 30 heavy (non-hydrogen) atoms. The third-order valence-corrected chi connectivity index (χ3v) is 11.7. The summed E-state index contributed by atoms with van der Waals surface area (Å²) in [7, 11) is 0. The van der Waals surface area contributed by atoms with E-state index in [0.717, 1.165) is 5.92 Å². The molecule has 0 nitrogen and oxygen atoms in total. The van der Waals surface area contributed by atoms with Crippen molar-refractivity contribution in [2.75, 3.05) is 0 Å². The van der Waals surface area contributed by atoms with E-state index in [9.17, 15) is 0 Å². The van der Waals surface area contributed by atoms with Crippen molar-refractivity contribution in [1.82, 2.24) is 0 Å². The maximum absolute atomic E-state index is 2.71. The molecule has 8 aliphatic carbocycles. The van der Waals surface area contributed by atoms with Crippen LogP contribution in [0.25, 0.3) is 0 Å². The Morgan fingerprint density at radius 2 is 1.07 bits per heavy atom.